The van der Waals surface area contributed by atoms with Crippen LogP contribution in [0.15, 0.2) is 24.3 Å². The normalized spacial score (nSPS) is 23.8. The zero-order valence-electron chi connectivity index (χ0n) is 12.7. The van der Waals surface area contributed by atoms with Gasteiger partial charge in [-0.2, -0.15) is 0 Å². The molecule has 1 aromatic carbocycles. The second kappa shape index (κ2) is 7.62. The zero-order valence-corrected chi connectivity index (χ0v) is 12.7. The van der Waals surface area contributed by atoms with Gasteiger partial charge in [0.1, 0.15) is 12.4 Å². The second-order valence-electron chi connectivity index (χ2n) is 5.27. The molecule has 0 bridgehead atoms. The summed E-state index contributed by atoms with van der Waals surface area (Å²) in [6, 6.07) is 8.78. The molecule has 1 aliphatic heterocycles. The van der Waals surface area contributed by atoms with E-state index in [0.717, 1.165) is 25.4 Å². The van der Waals surface area contributed by atoms with Crippen molar-refractivity contribution in [3.8, 4) is 5.75 Å². The third-order valence-corrected chi connectivity index (χ3v) is 3.88. The van der Waals surface area contributed by atoms with Crippen molar-refractivity contribution in [3.63, 3.8) is 0 Å². The third-order valence-electron chi connectivity index (χ3n) is 3.88. The molecule has 1 aromatic rings. The molecule has 4 heteroatoms. The number of hydrogen-bond acceptors (Lipinski definition) is 4. The van der Waals surface area contributed by atoms with Crippen molar-refractivity contribution in [1.29, 1.82) is 0 Å². The minimum Gasteiger partial charge on any atom is -0.491 e. The first-order chi connectivity index (χ1) is 9.70. The average molecular weight is 279 g/mol. The SMILES string of the molecule is COCCOc1ccc(CN2CCOC(C)C2C)cc1. The summed E-state index contributed by atoms with van der Waals surface area (Å²) in [6.07, 6.45) is 0.306. The highest BCUT2D eigenvalue weighted by molar-refractivity contribution is 5.27. The van der Waals surface area contributed by atoms with E-state index in [4.69, 9.17) is 14.2 Å². The highest BCUT2D eigenvalue weighted by Crippen LogP contribution is 2.18. The van der Waals surface area contributed by atoms with Gasteiger partial charge in [0.25, 0.3) is 0 Å². The molecule has 0 aromatic heterocycles. The number of rotatable bonds is 6. The van der Waals surface area contributed by atoms with E-state index < -0.39 is 0 Å². The fraction of sp³-hybridized carbons (Fsp3) is 0.625. The van der Waals surface area contributed by atoms with E-state index >= 15 is 0 Å². The van der Waals surface area contributed by atoms with E-state index in [1.807, 2.05) is 12.1 Å². The molecule has 1 saturated heterocycles. The van der Waals surface area contributed by atoms with Crippen LogP contribution in [0.3, 0.4) is 0 Å². The van der Waals surface area contributed by atoms with E-state index in [9.17, 15) is 0 Å². The van der Waals surface area contributed by atoms with Crippen molar-refractivity contribution in [1.82, 2.24) is 4.90 Å². The summed E-state index contributed by atoms with van der Waals surface area (Å²) < 4.78 is 16.2. The Labute approximate surface area is 121 Å². The molecule has 4 nitrogen and oxygen atoms in total. The molecule has 1 aliphatic rings. The molecule has 2 atom stereocenters. The first-order valence-corrected chi connectivity index (χ1v) is 7.27. The van der Waals surface area contributed by atoms with E-state index in [-0.39, 0.29) is 0 Å². The van der Waals surface area contributed by atoms with Gasteiger partial charge in [0, 0.05) is 26.2 Å². The largest absolute Gasteiger partial charge is 0.491 e. The molecule has 0 radical (unpaired) electrons. The van der Waals surface area contributed by atoms with Crippen LogP contribution < -0.4 is 4.74 Å². The predicted molar refractivity (Wildman–Crippen MR) is 79.1 cm³/mol. The molecular formula is C16H25NO3. The van der Waals surface area contributed by atoms with Crippen LogP contribution >= 0.6 is 0 Å². The monoisotopic (exact) mass is 279 g/mol. The standard InChI is InChI=1S/C16H25NO3/c1-13-14(2)19-9-8-17(13)12-15-4-6-16(7-5-15)20-11-10-18-3/h4-7,13-14H,8-12H2,1-3H3. The Hall–Kier alpha value is -1.10. The molecule has 0 amide bonds. The molecule has 0 saturated carbocycles. The van der Waals surface area contributed by atoms with Crippen molar-refractivity contribution < 1.29 is 14.2 Å². The predicted octanol–water partition coefficient (Wildman–Crippen LogP) is 2.32. The van der Waals surface area contributed by atoms with Gasteiger partial charge in [-0.05, 0) is 31.5 Å². The van der Waals surface area contributed by atoms with Crippen LogP contribution in [0, 0.1) is 0 Å². The van der Waals surface area contributed by atoms with Crippen LogP contribution in [0.25, 0.3) is 0 Å². The number of morpholine rings is 1. The number of nitrogens with zero attached hydrogens (tertiary/aromatic N) is 1. The highest BCUT2D eigenvalue weighted by Gasteiger charge is 2.25. The molecule has 1 fully saturated rings. The van der Waals surface area contributed by atoms with Crippen molar-refractivity contribution in [3.05, 3.63) is 29.8 Å². The fourth-order valence-corrected chi connectivity index (χ4v) is 2.39. The smallest absolute Gasteiger partial charge is 0.119 e. The van der Waals surface area contributed by atoms with Crippen LogP contribution in [0.2, 0.25) is 0 Å². The summed E-state index contributed by atoms with van der Waals surface area (Å²) in [5.74, 6) is 0.897. The van der Waals surface area contributed by atoms with Gasteiger partial charge in [-0.25, -0.2) is 0 Å². The highest BCUT2D eigenvalue weighted by atomic mass is 16.5. The Morgan fingerprint density at radius 1 is 1.20 bits per heavy atom. The first-order valence-electron chi connectivity index (χ1n) is 7.27. The fourth-order valence-electron chi connectivity index (χ4n) is 2.39. The second-order valence-corrected chi connectivity index (χ2v) is 5.27. The minimum atomic E-state index is 0.306. The lowest BCUT2D eigenvalue weighted by molar-refractivity contribution is -0.0584. The summed E-state index contributed by atoms with van der Waals surface area (Å²) in [7, 11) is 1.68. The number of ether oxygens (including phenoxy) is 3. The summed E-state index contributed by atoms with van der Waals surface area (Å²) >= 11 is 0. The van der Waals surface area contributed by atoms with Crippen molar-refractivity contribution in [2.75, 3.05) is 33.5 Å². The van der Waals surface area contributed by atoms with Gasteiger partial charge in [0.2, 0.25) is 0 Å². The van der Waals surface area contributed by atoms with Crippen LogP contribution in [-0.2, 0) is 16.0 Å². The van der Waals surface area contributed by atoms with Crippen molar-refractivity contribution in [2.24, 2.45) is 0 Å². The van der Waals surface area contributed by atoms with Gasteiger partial charge < -0.3 is 14.2 Å². The Bertz CT molecular complexity index is 393. The average Bonchev–Trinajstić information content (AvgIpc) is 2.46. The van der Waals surface area contributed by atoms with Gasteiger partial charge in [-0.1, -0.05) is 12.1 Å². The van der Waals surface area contributed by atoms with E-state index in [1.165, 1.54) is 5.56 Å². The lowest BCUT2D eigenvalue weighted by atomic mass is 10.1. The molecule has 2 rings (SSSR count). The molecule has 0 N–H and O–H groups in total. The summed E-state index contributed by atoms with van der Waals surface area (Å²) in [5, 5.41) is 0. The zero-order chi connectivity index (χ0) is 14.4. The van der Waals surface area contributed by atoms with Gasteiger partial charge in [-0.3, -0.25) is 4.90 Å². The van der Waals surface area contributed by atoms with Crippen molar-refractivity contribution >= 4 is 0 Å². The van der Waals surface area contributed by atoms with Gasteiger partial charge >= 0.3 is 0 Å². The number of benzene rings is 1. The topological polar surface area (TPSA) is 30.9 Å². The molecule has 0 aliphatic carbocycles. The Morgan fingerprint density at radius 2 is 1.95 bits per heavy atom. The van der Waals surface area contributed by atoms with E-state index in [0.29, 0.717) is 25.4 Å². The van der Waals surface area contributed by atoms with Gasteiger partial charge in [0.15, 0.2) is 0 Å². The van der Waals surface area contributed by atoms with Crippen LogP contribution in [0.5, 0.6) is 5.75 Å². The maximum Gasteiger partial charge on any atom is 0.119 e. The first kappa shape index (κ1) is 15.3. The van der Waals surface area contributed by atoms with Crippen molar-refractivity contribution in [2.45, 2.75) is 32.5 Å². The maximum absolute atomic E-state index is 5.66. The molecule has 1 heterocycles. The molecule has 112 valence electrons. The Kier molecular flexibility index (Phi) is 5.83. The molecule has 20 heavy (non-hydrogen) atoms. The summed E-state index contributed by atoms with van der Waals surface area (Å²) in [4.78, 5) is 2.47. The van der Waals surface area contributed by atoms with Crippen LogP contribution in [0.4, 0.5) is 0 Å². The maximum atomic E-state index is 5.66. The van der Waals surface area contributed by atoms with Crippen LogP contribution in [-0.4, -0.2) is 50.5 Å². The lowest BCUT2D eigenvalue weighted by Crippen LogP contribution is -2.47. The van der Waals surface area contributed by atoms with E-state index in [1.54, 1.807) is 7.11 Å². The van der Waals surface area contributed by atoms with E-state index in [2.05, 4.69) is 30.9 Å². The summed E-state index contributed by atoms with van der Waals surface area (Å²) in [5.41, 5.74) is 1.31. The Balaban J connectivity index is 1.86. The molecule has 2 unspecified atom stereocenters. The summed E-state index contributed by atoms with van der Waals surface area (Å²) in [6.45, 7) is 8.36. The van der Waals surface area contributed by atoms with Crippen LogP contribution in [0.1, 0.15) is 19.4 Å². The number of methoxy groups -OCH3 is 1. The molecular weight excluding hydrogens is 254 g/mol. The third kappa shape index (κ3) is 4.20. The lowest BCUT2D eigenvalue weighted by Gasteiger charge is -2.37. The minimum absolute atomic E-state index is 0.306. The van der Waals surface area contributed by atoms with Gasteiger partial charge in [0.05, 0.1) is 19.3 Å². The molecule has 0 spiro atoms. The number of hydrogen-bond donors (Lipinski definition) is 0. The Morgan fingerprint density at radius 3 is 2.65 bits per heavy atom. The van der Waals surface area contributed by atoms with Gasteiger partial charge in [-0.15, -0.1) is 0 Å². The quantitative estimate of drug-likeness (QED) is 0.748.